The van der Waals surface area contributed by atoms with E-state index in [1.807, 2.05) is 36.0 Å². The number of carbonyl (C=O) groups excluding carboxylic acids is 3. The molecule has 3 N–H and O–H groups in total. The minimum atomic E-state index is -0.363. The number of amides is 3. The zero-order chi connectivity index (χ0) is 26.1. The third-order valence-corrected chi connectivity index (χ3v) is 9.67. The summed E-state index contributed by atoms with van der Waals surface area (Å²) >= 11 is 3.55. The molecule has 10 heteroatoms. The Morgan fingerprint density at radius 2 is 1.92 bits per heavy atom. The second kappa shape index (κ2) is 13.4. The highest BCUT2D eigenvalue weighted by atomic mass is 32.2. The molecular formula is C27H35N3O5S2. The van der Waals surface area contributed by atoms with Gasteiger partial charge in [0.1, 0.15) is 0 Å². The number of carbonyl (C=O) groups is 3. The van der Waals surface area contributed by atoms with Crippen molar-refractivity contribution in [1.82, 2.24) is 10.8 Å². The molecule has 2 aliphatic heterocycles. The number of hydrogen-bond donors (Lipinski definition) is 3. The van der Waals surface area contributed by atoms with E-state index in [0.29, 0.717) is 18.7 Å². The maximum absolute atomic E-state index is 12.9. The topological polar surface area (TPSA) is 106 Å². The number of anilines is 1. The zero-order valence-electron chi connectivity index (χ0n) is 21.2. The third-order valence-electron chi connectivity index (χ3n) is 6.59. The molecular weight excluding hydrogens is 510 g/mol. The monoisotopic (exact) mass is 545 g/mol. The van der Waals surface area contributed by atoms with Crippen molar-refractivity contribution < 1.29 is 24.0 Å². The van der Waals surface area contributed by atoms with Gasteiger partial charge < -0.3 is 15.4 Å². The highest BCUT2D eigenvalue weighted by Crippen LogP contribution is 2.51. The van der Waals surface area contributed by atoms with Crippen LogP contribution in [-0.2, 0) is 28.7 Å². The molecule has 0 saturated carbocycles. The number of thioether (sulfide) groups is 1. The fraction of sp³-hybridized carbons (Fsp3) is 0.519. The predicted octanol–water partition coefficient (Wildman–Crippen LogP) is 4.96. The molecule has 2 atom stereocenters. The van der Waals surface area contributed by atoms with E-state index in [-0.39, 0.29) is 41.6 Å². The molecule has 0 radical (unpaired) electrons. The van der Waals surface area contributed by atoms with Crippen molar-refractivity contribution in [3.63, 3.8) is 0 Å². The lowest BCUT2D eigenvalue weighted by Crippen LogP contribution is -2.37. The van der Waals surface area contributed by atoms with Gasteiger partial charge >= 0.3 is 0 Å². The number of nitrogens with one attached hydrogen (secondary N) is 3. The van der Waals surface area contributed by atoms with Crippen molar-refractivity contribution >= 4 is 46.5 Å². The number of hydroxylamine groups is 1. The number of benzene rings is 1. The van der Waals surface area contributed by atoms with Crippen LogP contribution in [0.2, 0.25) is 0 Å². The Labute approximate surface area is 226 Å². The van der Waals surface area contributed by atoms with Gasteiger partial charge in [-0.3, -0.25) is 14.4 Å². The van der Waals surface area contributed by atoms with Crippen molar-refractivity contribution in [3.8, 4) is 10.4 Å². The van der Waals surface area contributed by atoms with Gasteiger partial charge in [0.2, 0.25) is 17.7 Å². The Bertz CT molecular complexity index is 1080. The maximum atomic E-state index is 12.9. The molecule has 3 heterocycles. The number of ether oxygens (including phenoxy) is 1. The smallest absolute Gasteiger partial charge is 0.245 e. The fourth-order valence-corrected chi connectivity index (χ4v) is 7.46. The minimum Gasteiger partial charge on any atom is -0.359 e. The van der Waals surface area contributed by atoms with E-state index < -0.39 is 0 Å². The van der Waals surface area contributed by atoms with Gasteiger partial charge in [0.05, 0.1) is 4.75 Å². The number of hydrogen-bond acceptors (Lipinski definition) is 7. The molecule has 0 spiro atoms. The molecule has 8 nitrogen and oxygen atoms in total. The maximum Gasteiger partial charge on any atom is 0.245 e. The normalized spacial score (nSPS) is 21.7. The quantitative estimate of drug-likeness (QED) is 0.365. The standard InChI is InChI=1S/C27H35N3O5S2/c1-28-23(31)12-13-24(32)29-20-8-6-7-19(17-20)21-10-11-22(37-21)27(14-3-5-16-36-27)18-25(33)30-35-26-9-2-4-15-34-26/h6-8,10-11,17,26H,2-5,9,12-16,18H2,1H3,(H,28,31)(H,29,32)(H,30,33)/t26?,27-/m0/s1. The third kappa shape index (κ3) is 7.80. The van der Waals surface area contributed by atoms with Crippen LogP contribution in [0.25, 0.3) is 10.4 Å². The first-order chi connectivity index (χ1) is 18.0. The first-order valence-electron chi connectivity index (χ1n) is 12.9. The van der Waals surface area contributed by atoms with Gasteiger partial charge in [-0.2, -0.15) is 0 Å². The molecule has 200 valence electrons. The average molecular weight is 546 g/mol. The van der Waals surface area contributed by atoms with E-state index in [2.05, 4.69) is 28.2 Å². The van der Waals surface area contributed by atoms with Gasteiger partial charge in [-0.25, -0.2) is 10.3 Å². The van der Waals surface area contributed by atoms with Crippen LogP contribution in [0.3, 0.4) is 0 Å². The van der Waals surface area contributed by atoms with Crippen LogP contribution in [-0.4, -0.2) is 43.4 Å². The molecule has 4 rings (SSSR count). The lowest BCUT2D eigenvalue weighted by atomic mass is 9.94. The predicted molar refractivity (Wildman–Crippen MR) is 147 cm³/mol. The van der Waals surface area contributed by atoms with Crippen LogP contribution in [0.15, 0.2) is 36.4 Å². The summed E-state index contributed by atoms with van der Waals surface area (Å²) in [4.78, 5) is 44.4. The Balaban J connectivity index is 1.42. The number of rotatable bonds is 10. The van der Waals surface area contributed by atoms with Gasteiger partial charge in [0.25, 0.3) is 0 Å². The van der Waals surface area contributed by atoms with Crippen molar-refractivity contribution in [2.24, 2.45) is 0 Å². The van der Waals surface area contributed by atoms with Crippen molar-refractivity contribution in [2.75, 3.05) is 24.7 Å². The lowest BCUT2D eigenvalue weighted by Gasteiger charge is -2.35. The summed E-state index contributed by atoms with van der Waals surface area (Å²) in [7, 11) is 1.56. The van der Waals surface area contributed by atoms with Gasteiger partial charge in [-0.05, 0) is 61.3 Å². The molecule has 1 unspecified atom stereocenters. The van der Waals surface area contributed by atoms with Crippen LogP contribution >= 0.6 is 23.1 Å². The fourth-order valence-electron chi connectivity index (χ4n) is 4.57. The summed E-state index contributed by atoms with van der Waals surface area (Å²) in [6, 6.07) is 11.9. The highest BCUT2D eigenvalue weighted by Gasteiger charge is 2.38. The summed E-state index contributed by atoms with van der Waals surface area (Å²) in [5, 5.41) is 5.40. The van der Waals surface area contributed by atoms with E-state index in [9.17, 15) is 14.4 Å². The summed E-state index contributed by atoms with van der Waals surface area (Å²) in [6.07, 6.45) is 6.31. The van der Waals surface area contributed by atoms with Crippen LogP contribution in [0.4, 0.5) is 5.69 Å². The summed E-state index contributed by atoms with van der Waals surface area (Å²) in [5.41, 5.74) is 4.33. The molecule has 2 saturated heterocycles. The SMILES string of the molecule is CNC(=O)CCC(=O)Nc1cccc(-c2ccc([C@@]3(CC(=O)NOC4CCCCO4)CCCCS3)s2)c1. The lowest BCUT2D eigenvalue weighted by molar-refractivity contribution is -0.200. The molecule has 3 amide bonds. The van der Waals surface area contributed by atoms with Gasteiger partial charge in [-0.15, -0.1) is 23.1 Å². The first kappa shape index (κ1) is 27.6. The molecule has 2 fully saturated rings. The second-order valence-corrected chi connectivity index (χ2v) is 11.9. The van der Waals surface area contributed by atoms with E-state index in [1.165, 1.54) is 4.88 Å². The molecule has 1 aromatic heterocycles. The molecule has 1 aromatic carbocycles. The van der Waals surface area contributed by atoms with Crippen LogP contribution in [0, 0.1) is 0 Å². The molecule has 2 aliphatic rings. The zero-order valence-corrected chi connectivity index (χ0v) is 22.8. The van der Waals surface area contributed by atoms with Crippen LogP contribution < -0.4 is 16.1 Å². The van der Waals surface area contributed by atoms with E-state index in [4.69, 9.17) is 9.57 Å². The molecule has 2 aromatic rings. The van der Waals surface area contributed by atoms with E-state index in [0.717, 1.165) is 54.7 Å². The first-order valence-corrected chi connectivity index (χ1v) is 14.7. The van der Waals surface area contributed by atoms with Crippen LogP contribution in [0.1, 0.15) is 62.7 Å². The minimum absolute atomic E-state index is 0.125. The molecule has 37 heavy (non-hydrogen) atoms. The Kier molecular flexibility index (Phi) is 10.0. The number of thiophene rings is 1. The average Bonchev–Trinajstić information content (AvgIpc) is 3.43. The molecule has 0 bridgehead atoms. The van der Waals surface area contributed by atoms with Crippen molar-refractivity contribution in [3.05, 3.63) is 41.3 Å². The molecule has 0 aliphatic carbocycles. The van der Waals surface area contributed by atoms with Gasteiger partial charge in [0, 0.05) is 54.8 Å². The Morgan fingerprint density at radius 3 is 2.68 bits per heavy atom. The van der Waals surface area contributed by atoms with Crippen LogP contribution in [0.5, 0.6) is 0 Å². The van der Waals surface area contributed by atoms with Gasteiger partial charge in [0.15, 0.2) is 6.29 Å². The summed E-state index contributed by atoms with van der Waals surface area (Å²) in [6.45, 7) is 0.666. The van der Waals surface area contributed by atoms with E-state index in [1.54, 1.807) is 18.4 Å². The van der Waals surface area contributed by atoms with E-state index >= 15 is 0 Å². The van der Waals surface area contributed by atoms with Crippen molar-refractivity contribution in [2.45, 2.75) is 68.8 Å². The highest BCUT2D eigenvalue weighted by molar-refractivity contribution is 8.00. The Morgan fingerprint density at radius 1 is 1.05 bits per heavy atom. The largest absolute Gasteiger partial charge is 0.359 e. The summed E-state index contributed by atoms with van der Waals surface area (Å²) < 4.78 is 5.28. The van der Waals surface area contributed by atoms with Crippen molar-refractivity contribution in [1.29, 1.82) is 0 Å². The Hall–Kier alpha value is -2.40. The summed E-state index contributed by atoms with van der Waals surface area (Å²) in [5.74, 6) is 0.536. The van der Waals surface area contributed by atoms with Gasteiger partial charge in [-0.1, -0.05) is 18.6 Å². The second-order valence-electron chi connectivity index (χ2n) is 9.38.